The topological polar surface area (TPSA) is 20.3 Å². The van der Waals surface area contributed by atoms with Crippen LogP contribution in [-0.2, 0) is 4.79 Å². The Balaban J connectivity index is 2.17. The van der Waals surface area contributed by atoms with Crippen molar-refractivity contribution in [1.29, 1.82) is 0 Å². The van der Waals surface area contributed by atoms with Gasteiger partial charge in [0.1, 0.15) is 0 Å². The number of hydrogen-bond donors (Lipinski definition) is 0. The van der Waals surface area contributed by atoms with E-state index in [0.717, 1.165) is 12.3 Å². The van der Waals surface area contributed by atoms with Crippen LogP contribution in [0.15, 0.2) is 0 Å². The third-order valence-electron chi connectivity index (χ3n) is 1.66. The van der Waals surface area contributed by atoms with Crippen LogP contribution >= 0.6 is 0 Å². The summed E-state index contributed by atoms with van der Waals surface area (Å²) in [6.45, 7) is 0. The Kier molecular flexibility index (Phi) is 1.74. The smallest absolute Gasteiger partial charge is 0.222 e. The molecule has 0 aromatic rings. The zero-order chi connectivity index (χ0) is 6.85. The van der Waals surface area contributed by atoms with Crippen molar-refractivity contribution in [2.45, 2.75) is 19.3 Å². The van der Waals surface area contributed by atoms with Crippen LogP contribution < -0.4 is 0 Å². The summed E-state index contributed by atoms with van der Waals surface area (Å²) in [5.74, 6) is 0.998. The first-order valence-corrected chi connectivity index (χ1v) is 3.40. The van der Waals surface area contributed by atoms with Crippen molar-refractivity contribution in [2.24, 2.45) is 5.92 Å². The first-order valence-electron chi connectivity index (χ1n) is 3.40. The number of rotatable bonds is 2. The highest BCUT2D eigenvalue weighted by Gasteiger charge is 2.24. The van der Waals surface area contributed by atoms with E-state index in [1.54, 1.807) is 4.90 Å². The van der Waals surface area contributed by atoms with Crippen LogP contribution in [0.25, 0.3) is 0 Å². The van der Waals surface area contributed by atoms with Crippen molar-refractivity contribution in [3.05, 3.63) is 0 Å². The van der Waals surface area contributed by atoms with E-state index in [0.29, 0.717) is 0 Å². The molecule has 2 heteroatoms. The number of hydrogen-bond acceptors (Lipinski definition) is 1. The molecule has 0 bridgehead atoms. The maximum absolute atomic E-state index is 10.9. The zero-order valence-electron chi connectivity index (χ0n) is 6.05. The fourth-order valence-electron chi connectivity index (χ4n) is 0.752. The Morgan fingerprint density at radius 1 is 1.56 bits per heavy atom. The van der Waals surface area contributed by atoms with E-state index in [9.17, 15) is 4.79 Å². The van der Waals surface area contributed by atoms with Crippen LogP contribution in [0.3, 0.4) is 0 Å². The summed E-state index contributed by atoms with van der Waals surface area (Å²) >= 11 is 0. The molecule has 0 radical (unpaired) electrons. The normalized spacial score (nSPS) is 17.6. The number of carbonyl (C=O) groups excluding carboxylic acids is 1. The molecule has 0 spiro atoms. The molecule has 1 saturated carbocycles. The van der Waals surface area contributed by atoms with Gasteiger partial charge in [-0.3, -0.25) is 4.79 Å². The third-order valence-corrected chi connectivity index (χ3v) is 1.66. The van der Waals surface area contributed by atoms with Crippen LogP contribution in [0, 0.1) is 5.92 Å². The molecule has 1 aliphatic carbocycles. The van der Waals surface area contributed by atoms with Crippen LogP contribution in [0.2, 0.25) is 0 Å². The fraction of sp³-hybridized carbons (Fsp3) is 0.857. The van der Waals surface area contributed by atoms with Gasteiger partial charge in [-0.05, 0) is 18.8 Å². The van der Waals surface area contributed by atoms with Gasteiger partial charge in [-0.2, -0.15) is 0 Å². The summed E-state index contributed by atoms with van der Waals surface area (Å²) in [6.07, 6.45) is 3.30. The molecule has 52 valence electrons. The highest BCUT2D eigenvalue weighted by Crippen LogP contribution is 2.32. The Bertz CT molecular complexity index is 116. The van der Waals surface area contributed by atoms with Gasteiger partial charge in [-0.1, -0.05) is 0 Å². The Morgan fingerprint density at radius 2 is 2.11 bits per heavy atom. The second kappa shape index (κ2) is 2.38. The summed E-state index contributed by atoms with van der Waals surface area (Å²) in [7, 11) is 3.62. The van der Waals surface area contributed by atoms with Crippen molar-refractivity contribution in [3.8, 4) is 0 Å². The van der Waals surface area contributed by atoms with Gasteiger partial charge in [0.05, 0.1) is 0 Å². The molecular weight excluding hydrogens is 114 g/mol. The van der Waals surface area contributed by atoms with Crippen LogP contribution in [-0.4, -0.2) is 24.9 Å². The first-order chi connectivity index (χ1) is 4.20. The van der Waals surface area contributed by atoms with Crippen molar-refractivity contribution in [1.82, 2.24) is 4.90 Å². The second-order valence-corrected chi connectivity index (χ2v) is 2.94. The lowest BCUT2D eigenvalue weighted by Gasteiger charge is -2.08. The molecule has 0 aliphatic heterocycles. The Hall–Kier alpha value is -0.530. The van der Waals surface area contributed by atoms with Gasteiger partial charge in [0.25, 0.3) is 0 Å². The highest BCUT2D eigenvalue weighted by atomic mass is 16.2. The zero-order valence-corrected chi connectivity index (χ0v) is 6.05. The van der Waals surface area contributed by atoms with E-state index in [-0.39, 0.29) is 5.91 Å². The molecule has 1 aliphatic rings. The lowest BCUT2D eigenvalue weighted by Crippen LogP contribution is -2.21. The molecule has 1 fully saturated rings. The molecule has 0 saturated heterocycles. The molecule has 0 unspecified atom stereocenters. The average molecular weight is 127 g/mol. The highest BCUT2D eigenvalue weighted by molar-refractivity contribution is 5.76. The Labute approximate surface area is 55.8 Å². The van der Waals surface area contributed by atoms with E-state index in [1.807, 2.05) is 14.1 Å². The molecule has 9 heavy (non-hydrogen) atoms. The first kappa shape index (κ1) is 6.59. The minimum absolute atomic E-state index is 0.275. The van der Waals surface area contributed by atoms with Crippen LogP contribution in [0.4, 0.5) is 0 Å². The largest absolute Gasteiger partial charge is 0.349 e. The van der Waals surface area contributed by atoms with Gasteiger partial charge in [0.2, 0.25) is 5.91 Å². The minimum atomic E-state index is 0.275. The van der Waals surface area contributed by atoms with Gasteiger partial charge < -0.3 is 4.90 Å². The van der Waals surface area contributed by atoms with Crippen molar-refractivity contribution in [3.63, 3.8) is 0 Å². The molecule has 2 nitrogen and oxygen atoms in total. The van der Waals surface area contributed by atoms with Crippen LogP contribution in [0.5, 0.6) is 0 Å². The van der Waals surface area contributed by atoms with Gasteiger partial charge in [-0.15, -0.1) is 0 Å². The van der Waals surface area contributed by atoms with E-state index in [2.05, 4.69) is 0 Å². The lowest BCUT2D eigenvalue weighted by atomic mass is 10.3. The maximum Gasteiger partial charge on any atom is 0.222 e. The monoisotopic (exact) mass is 127 g/mol. The van der Waals surface area contributed by atoms with Gasteiger partial charge in [-0.25, -0.2) is 0 Å². The summed E-state index contributed by atoms with van der Waals surface area (Å²) in [5.41, 5.74) is 0. The van der Waals surface area contributed by atoms with Gasteiger partial charge in [0, 0.05) is 20.5 Å². The Morgan fingerprint density at radius 3 is 2.44 bits per heavy atom. The van der Waals surface area contributed by atoms with Gasteiger partial charge in [0.15, 0.2) is 0 Å². The molecule has 0 aromatic carbocycles. The maximum atomic E-state index is 10.9. The quantitative estimate of drug-likeness (QED) is 0.539. The molecule has 0 N–H and O–H groups in total. The fourth-order valence-corrected chi connectivity index (χ4v) is 0.752. The average Bonchev–Trinajstić information content (AvgIpc) is 2.50. The third kappa shape index (κ3) is 2.04. The van der Waals surface area contributed by atoms with Gasteiger partial charge >= 0.3 is 0 Å². The lowest BCUT2D eigenvalue weighted by molar-refractivity contribution is -0.129. The minimum Gasteiger partial charge on any atom is -0.349 e. The summed E-state index contributed by atoms with van der Waals surface area (Å²) in [5, 5.41) is 0. The standard InChI is InChI=1S/C7H13NO/c1-8(2)7(9)5-6-3-4-6/h6H,3-5H2,1-2H3. The molecule has 0 atom stereocenters. The SMILES string of the molecule is CN(C)C(=O)CC1CC1. The summed E-state index contributed by atoms with van der Waals surface area (Å²) in [4.78, 5) is 12.6. The summed E-state index contributed by atoms with van der Waals surface area (Å²) < 4.78 is 0. The molecule has 0 aromatic heterocycles. The van der Waals surface area contributed by atoms with E-state index in [1.165, 1.54) is 12.8 Å². The van der Waals surface area contributed by atoms with E-state index < -0.39 is 0 Å². The van der Waals surface area contributed by atoms with Crippen molar-refractivity contribution in [2.75, 3.05) is 14.1 Å². The van der Waals surface area contributed by atoms with Crippen LogP contribution in [0.1, 0.15) is 19.3 Å². The second-order valence-electron chi connectivity index (χ2n) is 2.94. The number of nitrogens with zero attached hydrogens (tertiary/aromatic N) is 1. The molecular formula is C7H13NO. The predicted octanol–water partition coefficient (Wildman–Crippen LogP) is 0.875. The molecule has 1 rings (SSSR count). The number of amides is 1. The van der Waals surface area contributed by atoms with E-state index in [4.69, 9.17) is 0 Å². The van der Waals surface area contributed by atoms with Crippen molar-refractivity contribution < 1.29 is 4.79 Å². The summed E-state index contributed by atoms with van der Waals surface area (Å²) in [6, 6.07) is 0. The number of carbonyl (C=O) groups is 1. The van der Waals surface area contributed by atoms with Crippen molar-refractivity contribution >= 4 is 5.91 Å². The van der Waals surface area contributed by atoms with E-state index >= 15 is 0 Å². The predicted molar refractivity (Wildman–Crippen MR) is 36.0 cm³/mol. The molecule has 0 heterocycles. The molecule has 1 amide bonds.